The van der Waals surface area contributed by atoms with Gasteiger partial charge in [0.25, 0.3) is 0 Å². The summed E-state index contributed by atoms with van der Waals surface area (Å²) in [5.41, 5.74) is 1.46. The van der Waals surface area contributed by atoms with Crippen molar-refractivity contribution in [2.45, 2.75) is 6.92 Å². The molecule has 0 atom stereocenters. The highest BCUT2D eigenvalue weighted by molar-refractivity contribution is 5.89. The first-order valence-corrected chi connectivity index (χ1v) is 6.48. The minimum Gasteiger partial charge on any atom is -0.383 e. The van der Waals surface area contributed by atoms with Gasteiger partial charge in [-0.15, -0.1) is 5.10 Å². The van der Waals surface area contributed by atoms with E-state index in [1.165, 1.54) is 0 Å². The molecular formula is C13H18N6O2. The lowest BCUT2D eigenvalue weighted by molar-refractivity contribution is 0.165. The van der Waals surface area contributed by atoms with Crippen molar-refractivity contribution in [3.63, 3.8) is 0 Å². The lowest BCUT2D eigenvalue weighted by atomic mass is 10.3. The molecule has 1 aromatic heterocycles. The number of aryl methyl sites for hydroxylation is 1. The molecular weight excluding hydrogens is 272 g/mol. The van der Waals surface area contributed by atoms with Gasteiger partial charge in [0.1, 0.15) is 0 Å². The van der Waals surface area contributed by atoms with Gasteiger partial charge in [-0.25, -0.2) is 4.79 Å². The van der Waals surface area contributed by atoms with Crippen molar-refractivity contribution in [1.29, 1.82) is 0 Å². The molecule has 0 saturated carbocycles. The van der Waals surface area contributed by atoms with Crippen LogP contribution in [-0.2, 0) is 4.74 Å². The molecule has 21 heavy (non-hydrogen) atoms. The Hall–Kier alpha value is -2.48. The second-order valence-electron chi connectivity index (χ2n) is 4.53. The number of hydrogen-bond donors (Lipinski definition) is 1. The Morgan fingerprint density at radius 1 is 1.48 bits per heavy atom. The van der Waals surface area contributed by atoms with Crippen molar-refractivity contribution in [3.05, 3.63) is 30.1 Å². The number of methoxy groups -OCH3 is 1. The summed E-state index contributed by atoms with van der Waals surface area (Å²) in [6.45, 7) is 2.83. The van der Waals surface area contributed by atoms with E-state index in [9.17, 15) is 4.79 Å². The highest BCUT2D eigenvalue weighted by Gasteiger charge is 2.09. The fourth-order valence-electron chi connectivity index (χ4n) is 1.73. The first kappa shape index (κ1) is 14.9. The molecule has 0 radical (unpaired) electrons. The van der Waals surface area contributed by atoms with Gasteiger partial charge in [-0.05, 0) is 35.5 Å². The van der Waals surface area contributed by atoms with E-state index < -0.39 is 0 Å². The number of urea groups is 1. The Balaban J connectivity index is 2.08. The number of aromatic nitrogens is 4. The number of rotatable bonds is 5. The number of tetrazole rings is 1. The standard InChI is InChI=1S/C13H18N6O2/c1-10-15-16-17-19(10)12-6-4-5-11(9-12)14-13(20)18(2)7-8-21-3/h4-6,9H,7-8H2,1-3H3,(H,14,20). The summed E-state index contributed by atoms with van der Waals surface area (Å²) in [6.07, 6.45) is 0. The number of likely N-dealkylation sites (N-methyl/N-ethyl adjacent to an activating group) is 1. The van der Waals surface area contributed by atoms with Crippen molar-refractivity contribution in [2.75, 3.05) is 32.6 Å². The van der Waals surface area contributed by atoms with E-state index in [0.29, 0.717) is 24.7 Å². The van der Waals surface area contributed by atoms with Gasteiger partial charge in [0, 0.05) is 26.4 Å². The molecule has 1 aromatic carbocycles. The number of carbonyl (C=O) groups excluding carboxylic acids is 1. The predicted molar refractivity (Wildman–Crippen MR) is 77.4 cm³/mol. The van der Waals surface area contributed by atoms with Gasteiger partial charge in [-0.2, -0.15) is 4.68 Å². The van der Waals surface area contributed by atoms with E-state index in [0.717, 1.165) is 5.69 Å². The maximum atomic E-state index is 12.0. The normalized spacial score (nSPS) is 10.4. The Morgan fingerprint density at radius 2 is 2.29 bits per heavy atom. The van der Waals surface area contributed by atoms with E-state index in [-0.39, 0.29) is 6.03 Å². The van der Waals surface area contributed by atoms with Crippen LogP contribution in [0.3, 0.4) is 0 Å². The second kappa shape index (κ2) is 6.80. The summed E-state index contributed by atoms with van der Waals surface area (Å²) >= 11 is 0. The van der Waals surface area contributed by atoms with Gasteiger partial charge in [-0.1, -0.05) is 6.07 Å². The van der Waals surface area contributed by atoms with Crippen LogP contribution in [0.2, 0.25) is 0 Å². The minimum absolute atomic E-state index is 0.197. The highest BCUT2D eigenvalue weighted by Crippen LogP contribution is 2.14. The number of carbonyl (C=O) groups is 1. The molecule has 2 amide bonds. The molecule has 1 heterocycles. The zero-order valence-corrected chi connectivity index (χ0v) is 12.3. The summed E-state index contributed by atoms with van der Waals surface area (Å²) in [5.74, 6) is 0.677. The van der Waals surface area contributed by atoms with Gasteiger partial charge in [0.15, 0.2) is 5.82 Å². The zero-order valence-electron chi connectivity index (χ0n) is 12.3. The first-order chi connectivity index (χ1) is 10.1. The second-order valence-corrected chi connectivity index (χ2v) is 4.53. The van der Waals surface area contributed by atoms with Crippen LogP contribution in [0.15, 0.2) is 24.3 Å². The van der Waals surface area contributed by atoms with E-state index >= 15 is 0 Å². The maximum Gasteiger partial charge on any atom is 0.321 e. The molecule has 1 N–H and O–H groups in total. The molecule has 0 bridgehead atoms. The SMILES string of the molecule is COCCN(C)C(=O)Nc1cccc(-n2nnnc2C)c1. The Kier molecular flexibility index (Phi) is 4.83. The molecule has 8 heteroatoms. The van der Waals surface area contributed by atoms with Gasteiger partial charge in [0.2, 0.25) is 0 Å². The van der Waals surface area contributed by atoms with Crippen LogP contribution >= 0.6 is 0 Å². The zero-order chi connectivity index (χ0) is 15.2. The summed E-state index contributed by atoms with van der Waals surface area (Å²) in [6, 6.07) is 7.13. The van der Waals surface area contributed by atoms with Crippen LogP contribution < -0.4 is 5.32 Å². The third-order valence-corrected chi connectivity index (χ3v) is 2.94. The molecule has 112 valence electrons. The molecule has 0 spiro atoms. The van der Waals surface area contributed by atoms with Gasteiger partial charge in [-0.3, -0.25) is 0 Å². The number of hydrogen-bond acceptors (Lipinski definition) is 5. The van der Waals surface area contributed by atoms with Crippen LogP contribution in [0.4, 0.5) is 10.5 Å². The molecule has 0 saturated heterocycles. The summed E-state index contributed by atoms with van der Waals surface area (Å²) in [4.78, 5) is 13.5. The van der Waals surface area contributed by atoms with Crippen molar-refractivity contribution in [2.24, 2.45) is 0 Å². The quantitative estimate of drug-likeness (QED) is 0.890. The van der Waals surface area contributed by atoms with Crippen LogP contribution in [0.5, 0.6) is 0 Å². The molecule has 0 fully saturated rings. The molecule has 0 aliphatic carbocycles. The van der Waals surface area contributed by atoms with Crippen molar-refractivity contribution in [1.82, 2.24) is 25.1 Å². The number of anilines is 1. The van der Waals surface area contributed by atoms with Crippen LogP contribution in [0.25, 0.3) is 5.69 Å². The fraction of sp³-hybridized carbons (Fsp3) is 0.385. The molecule has 2 rings (SSSR count). The van der Waals surface area contributed by atoms with Gasteiger partial charge < -0.3 is 15.0 Å². The number of amides is 2. The topological polar surface area (TPSA) is 85.2 Å². The van der Waals surface area contributed by atoms with Crippen molar-refractivity contribution in [3.8, 4) is 5.69 Å². The third-order valence-electron chi connectivity index (χ3n) is 2.94. The minimum atomic E-state index is -0.197. The van der Waals surface area contributed by atoms with Gasteiger partial charge in [0.05, 0.1) is 12.3 Å². The number of benzene rings is 1. The largest absolute Gasteiger partial charge is 0.383 e. The molecule has 0 aliphatic heterocycles. The van der Waals surface area contributed by atoms with Crippen LogP contribution in [0, 0.1) is 6.92 Å². The lowest BCUT2D eigenvalue weighted by Crippen LogP contribution is -2.33. The van der Waals surface area contributed by atoms with Crippen LogP contribution in [-0.4, -0.2) is 58.4 Å². The highest BCUT2D eigenvalue weighted by atomic mass is 16.5. The van der Waals surface area contributed by atoms with E-state index in [4.69, 9.17) is 4.74 Å². The Bertz CT molecular complexity index is 612. The van der Waals surface area contributed by atoms with E-state index in [1.807, 2.05) is 31.2 Å². The Labute approximate surface area is 122 Å². The molecule has 2 aromatic rings. The predicted octanol–water partition coefficient (Wildman–Crippen LogP) is 1.08. The number of nitrogens with zero attached hydrogens (tertiary/aromatic N) is 5. The summed E-state index contributed by atoms with van der Waals surface area (Å²) in [7, 11) is 3.31. The first-order valence-electron chi connectivity index (χ1n) is 6.48. The van der Waals surface area contributed by atoms with Crippen LogP contribution in [0.1, 0.15) is 5.82 Å². The lowest BCUT2D eigenvalue weighted by Gasteiger charge is -2.17. The van der Waals surface area contributed by atoms with Crippen molar-refractivity contribution >= 4 is 11.7 Å². The van der Waals surface area contributed by atoms with E-state index in [1.54, 1.807) is 23.7 Å². The van der Waals surface area contributed by atoms with E-state index in [2.05, 4.69) is 20.8 Å². The fourth-order valence-corrected chi connectivity index (χ4v) is 1.73. The average Bonchev–Trinajstić information content (AvgIpc) is 2.91. The Morgan fingerprint density at radius 3 is 2.95 bits per heavy atom. The molecule has 0 aliphatic rings. The summed E-state index contributed by atoms with van der Waals surface area (Å²) < 4.78 is 6.55. The van der Waals surface area contributed by atoms with Gasteiger partial charge >= 0.3 is 6.03 Å². The molecule has 8 nitrogen and oxygen atoms in total. The van der Waals surface area contributed by atoms with Crippen molar-refractivity contribution < 1.29 is 9.53 Å². The molecule has 0 unspecified atom stereocenters. The monoisotopic (exact) mass is 290 g/mol. The number of nitrogens with one attached hydrogen (secondary N) is 1. The summed E-state index contributed by atoms with van der Waals surface area (Å²) in [5, 5.41) is 14.2. The maximum absolute atomic E-state index is 12.0. The smallest absolute Gasteiger partial charge is 0.321 e. The average molecular weight is 290 g/mol. The number of ether oxygens (including phenoxy) is 1. The third kappa shape index (κ3) is 3.76.